The van der Waals surface area contributed by atoms with Crippen LogP contribution in [0.25, 0.3) is 0 Å². The fourth-order valence-electron chi connectivity index (χ4n) is 3.37. The maximum Gasteiger partial charge on any atom is 0.262 e. The molecule has 3 aromatic rings. The summed E-state index contributed by atoms with van der Waals surface area (Å²) in [5, 5.41) is 5.69. The Hall–Kier alpha value is -4.00. The summed E-state index contributed by atoms with van der Waals surface area (Å²) in [6, 6.07) is 19.9. The van der Waals surface area contributed by atoms with Crippen LogP contribution in [0, 0.1) is 0 Å². The summed E-state index contributed by atoms with van der Waals surface area (Å²) >= 11 is 0. The molecule has 0 heterocycles. The second-order valence-electron chi connectivity index (χ2n) is 8.09. The molecule has 0 fully saturated rings. The predicted molar refractivity (Wildman–Crippen MR) is 138 cm³/mol. The van der Waals surface area contributed by atoms with Gasteiger partial charge in [-0.25, -0.2) is 0 Å². The third-order valence-electron chi connectivity index (χ3n) is 5.16. The van der Waals surface area contributed by atoms with Crippen LogP contribution < -0.4 is 24.8 Å². The van der Waals surface area contributed by atoms with Crippen molar-refractivity contribution in [3.05, 3.63) is 77.9 Å². The van der Waals surface area contributed by atoms with Crippen LogP contribution in [0.15, 0.2) is 66.7 Å². The third kappa shape index (κ3) is 7.24. The van der Waals surface area contributed by atoms with Crippen LogP contribution >= 0.6 is 0 Å². The van der Waals surface area contributed by atoms with Crippen LogP contribution in [-0.2, 0) is 4.79 Å². The van der Waals surface area contributed by atoms with Gasteiger partial charge in [0.25, 0.3) is 11.8 Å². The lowest BCUT2D eigenvalue weighted by Crippen LogP contribution is -2.21. The number of rotatable bonds is 11. The molecule has 0 unspecified atom stereocenters. The Kier molecular flexibility index (Phi) is 9.12. The van der Waals surface area contributed by atoms with E-state index < -0.39 is 0 Å². The molecule has 2 N–H and O–H groups in total. The minimum Gasteiger partial charge on any atom is -0.492 e. The zero-order chi connectivity index (χ0) is 25.2. The van der Waals surface area contributed by atoms with Gasteiger partial charge in [-0.05, 0) is 49.6 Å². The summed E-state index contributed by atoms with van der Waals surface area (Å²) in [4.78, 5) is 25.3. The van der Waals surface area contributed by atoms with Crippen LogP contribution in [0.1, 0.15) is 49.5 Å². The number of amides is 2. The van der Waals surface area contributed by atoms with Crippen molar-refractivity contribution in [3.63, 3.8) is 0 Å². The van der Waals surface area contributed by atoms with Gasteiger partial charge in [0.2, 0.25) is 0 Å². The Balaban J connectivity index is 1.75. The SMILES string of the molecule is CCOc1cc(NC(=O)c2ccccc2)c(OCC)cc1NC(=O)COc1ccc(C(C)C)cc1. The molecule has 0 aromatic heterocycles. The van der Waals surface area contributed by atoms with Gasteiger partial charge in [0, 0.05) is 17.7 Å². The lowest BCUT2D eigenvalue weighted by molar-refractivity contribution is -0.118. The number of ether oxygens (including phenoxy) is 3. The van der Waals surface area contributed by atoms with Crippen molar-refractivity contribution in [3.8, 4) is 17.2 Å². The first kappa shape index (κ1) is 25.6. The van der Waals surface area contributed by atoms with Gasteiger partial charge in [0.15, 0.2) is 6.61 Å². The second-order valence-corrected chi connectivity index (χ2v) is 8.09. The largest absolute Gasteiger partial charge is 0.492 e. The number of benzene rings is 3. The van der Waals surface area contributed by atoms with Gasteiger partial charge in [-0.3, -0.25) is 9.59 Å². The predicted octanol–water partition coefficient (Wildman–Crippen LogP) is 5.88. The molecule has 7 heteroatoms. The molecule has 3 aromatic carbocycles. The topological polar surface area (TPSA) is 85.9 Å². The maximum absolute atomic E-state index is 12.7. The summed E-state index contributed by atoms with van der Waals surface area (Å²) in [5.74, 6) is 1.24. The molecule has 0 bridgehead atoms. The van der Waals surface area contributed by atoms with Crippen molar-refractivity contribution < 1.29 is 23.8 Å². The number of carbonyl (C=O) groups is 2. The number of anilines is 2. The average Bonchev–Trinajstić information content (AvgIpc) is 2.86. The van der Waals surface area contributed by atoms with Crippen LogP contribution in [0.3, 0.4) is 0 Å². The van der Waals surface area contributed by atoms with Gasteiger partial charge in [-0.15, -0.1) is 0 Å². The number of carbonyl (C=O) groups excluding carboxylic acids is 2. The molecular weight excluding hydrogens is 444 g/mol. The van der Waals surface area contributed by atoms with Crippen molar-refractivity contribution in [2.45, 2.75) is 33.6 Å². The minimum atomic E-state index is -0.345. The molecule has 35 heavy (non-hydrogen) atoms. The first-order chi connectivity index (χ1) is 16.9. The summed E-state index contributed by atoms with van der Waals surface area (Å²) in [7, 11) is 0. The molecule has 0 saturated carbocycles. The lowest BCUT2D eigenvalue weighted by atomic mass is 10.0. The number of hydrogen-bond donors (Lipinski definition) is 2. The zero-order valence-corrected chi connectivity index (χ0v) is 20.6. The van der Waals surface area contributed by atoms with E-state index in [9.17, 15) is 9.59 Å². The van der Waals surface area contributed by atoms with Crippen LogP contribution in [0.2, 0.25) is 0 Å². The standard InChI is InChI=1S/C28H32N2O5/c1-5-33-25-17-24(30-28(32)21-10-8-7-9-11-21)26(34-6-2)16-23(25)29-27(31)18-35-22-14-12-20(13-15-22)19(3)4/h7-17,19H,5-6,18H2,1-4H3,(H,29,31)(H,30,32). The second kappa shape index (κ2) is 12.5. The van der Waals surface area contributed by atoms with Gasteiger partial charge in [0.1, 0.15) is 17.2 Å². The molecule has 0 radical (unpaired) electrons. The molecule has 0 aliphatic carbocycles. The molecular formula is C28H32N2O5. The third-order valence-corrected chi connectivity index (χ3v) is 5.16. The van der Waals surface area contributed by atoms with E-state index in [-0.39, 0.29) is 18.4 Å². The van der Waals surface area contributed by atoms with E-state index in [1.807, 2.05) is 44.2 Å². The minimum absolute atomic E-state index is 0.164. The quantitative estimate of drug-likeness (QED) is 0.361. The fraction of sp³-hybridized carbons (Fsp3) is 0.286. The number of nitrogens with one attached hydrogen (secondary N) is 2. The maximum atomic E-state index is 12.7. The van der Waals surface area contributed by atoms with Crippen molar-refractivity contribution in [1.82, 2.24) is 0 Å². The van der Waals surface area contributed by atoms with E-state index in [4.69, 9.17) is 14.2 Å². The Morgan fingerprint density at radius 3 is 1.89 bits per heavy atom. The van der Waals surface area contributed by atoms with E-state index in [1.54, 1.807) is 36.4 Å². The molecule has 0 aliphatic rings. The molecule has 7 nitrogen and oxygen atoms in total. The van der Waals surface area contributed by atoms with Crippen LogP contribution in [0.4, 0.5) is 11.4 Å². The molecule has 0 atom stereocenters. The Morgan fingerprint density at radius 1 is 0.771 bits per heavy atom. The fourth-order valence-corrected chi connectivity index (χ4v) is 3.37. The normalized spacial score (nSPS) is 10.5. The molecule has 0 spiro atoms. The van der Waals surface area contributed by atoms with E-state index >= 15 is 0 Å². The Bertz CT molecular complexity index is 1130. The average molecular weight is 477 g/mol. The van der Waals surface area contributed by atoms with Gasteiger partial charge >= 0.3 is 0 Å². The molecule has 0 saturated heterocycles. The summed E-state index contributed by atoms with van der Waals surface area (Å²) in [6.45, 7) is 8.52. The highest BCUT2D eigenvalue weighted by atomic mass is 16.5. The van der Waals surface area contributed by atoms with E-state index in [2.05, 4.69) is 24.5 Å². The van der Waals surface area contributed by atoms with E-state index in [1.165, 1.54) is 5.56 Å². The smallest absolute Gasteiger partial charge is 0.262 e. The highest BCUT2D eigenvalue weighted by Crippen LogP contribution is 2.37. The summed E-state index contributed by atoms with van der Waals surface area (Å²) in [6.07, 6.45) is 0. The Morgan fingerprint density at radius 2 is 1.34 bits per heavy atom. The summed E-state index contributed by atoms with van der Waals surface area (Å²) in [5.41, 5.74) is 2.59. The zero-order valence-electron chi connectivity index (χ0n) is 20.6. The van der Waals surface area contributed by atoms with Gasteiger partial charge in [-0.1, -0.05) is 44.2 Å². The first-order valence-corrected chi connectivity index (χ1v) is 11.7. The molecule has 0 aliphatic heterocycles. The first-order valence-electron chi connectivity index (χ1n) is 11.7. The van der Waals surface area contributed by atoms with Crippen molar-refractivity contribution in [2.24, 2.45) is 0 Å². The van der Waals surface area contributed by atoms with Crippen LogP contribution in [-0.4, -0.2) is 31.6 Å². The monoisotopic (exact) mass is 476 g/mol. The van der Waals surface area contributed by atoms with Crippen molar-refractivity contribution in [2.75, 3.05) is 30.5 Å². The van der Waals surface area contributed by atoms with Crippen molar-refractivity contribution >= 4 is 23.2 Å². The Labute approximate surface area is 206 Å². The van der Waals surface area contributed by atoms with E-state index in [0.29, 0.717) is 53.3 Å². The molecule has 3 rings (SSSR count). The van der Waals surface area contributed by atoms with Gasteiger partial charge in [-0.2, -0.15) is 0 Å². The highest BCUT2D eigenvalue weighted by molar-refractivity contribution is 6.05. The van der Waals surface area contributed by atoms with Gasteiger partial charge in [0.05, 0.1) is 24.6 Å². The number of hydrogen-bond acceptors (Lipinski definition) is 5. The molecule has 184 valence electrons. The summed E-state index contributed by atoms with van der Waals surface area (Å²) < 4.78 is 17.1. The lowest BCUT2D eigenvalue weighted by Gasteiger charge is -2.18. The van der Waals surface area contributed by atoms with E-state index in [0.717, 1.165) is 0 Å². The molecule has 2 amide bonds. The van der Waals surface area contributed by atoms with Gasteiger partial charge < -0.3 is 24.8 Å². The van der Waals surface area contributed by atoms with Crippen molar-refractivity contribution in [1.29, 1.82) is 0 Å². The van der Waals surface area contributed by atoms with Crippen LogP contribution in [0.5, 0.6) is 17.2 Å². The highest BCUT2D eigenvalue weighted by Gasteiger charge is 2.17.